The fourth-order valence-corrected chi connectivity index (χ4v) is 2.30. The van der Waals surface area contributed by atoms with Gasteiger partial charge in [-0.2, -0.15) is 0 Å². The van der Waals surface area contributed by atoms with Crippen molar-refractivity contribution in [2.45, 2.75) is 6.92 Å². The first-order chi connectivity index (χ1) is 9.65. The third kappa shape index (κ3) is 2.32. The van der Waals surface area contributed by atoms with Crippen molar-refractivity contribution in [3.8, 4) is 0 Å². The summed E-state index contributed by atoms with van der Waals surface area (Å²) in [5.74, 6) is 0.382. The Morgan fingerprint density at radius 1 is 1.25 bits per heavy atom. The zero-order chi connectivity index (χ0) is 14.1. The molecule has 0 radical (unpaired) electrons. The van der Waals surface area contributed by atoms with Crippen LogP contribution in [0.4, 0.5) is 5.82 Å². The summed E-state index contributed by atoms with van der Waals surface area (Å²) in [7, 11) is 0. The van der Waals surface area contributed by atoms with E-state index < -0.39 is 0 Å². The number of fused-ring (bicyclic) bond motifs is 1. The van der Waals surface area contributed by atoms with Crippen LogP contribution in [0, 0.1) is 6.92 Å². The number of hydrogen-bond donors (Lipinski definition) is 2. The third-order valence-electron chi connectivity index (χ3n) is 3.10. The Kier molecular flexibility index (Phi) is 3.28. The summed E-state index contributed by atoms with van der Waals surface area (Å²) in [4.78, 5) is 19.8. The van der Waals surface area contributed by atoms with Gasteiger partial charge in [-0.3, -0.25) is 4.79 Å². The van der Waals surface area contributed by atoms with Crippen LogP contribution in [0.3, 0.4) is 0 Å². The van der Waals surface area contributed by atoms with Crippen molar-refractivity contribution in [3.05, 3.63) is 58.3 Å². The van der Waals surface area contributed by atoms with Gasteiger partial charge < -0.3 is 10.3 Å². The van der Waals surface area contributed by atoms with Gasteiger partial charge in [0.2, 0.25) is 0 Å². The van der Waals surface area contributed by atoms with E-state index in [-0.39, 0.29) is 5.91 Å². The van der Waals surface area contributed by atoms with Gasteiger partial charge in [-0.25, -0.2) is 4.98 Å². The fourth-order valence-electron chi connectivity index (χ4n) is 2.08. The Morgan fingerprint density at radius 3 is 2.90 bits per heavy atom. The standard InChI is InChI=1S/C15H12BrN3O/c1-9-12(16)5-6-14(18-9)19-15(20)11-3-2-4-13-10(11)7-8-17-13/h2-8,17H,1H3,(H,18,19,20). The normalized spacial score (nSPS) is 10.7. The number of carbonyl (C=O) groups excluding carboxylic acids is 1. The minimum Gasteiger partial charge on any atom is -0.361 e. The molecule has 0 fully saturated rings. The number of carbonyl (C=O) groups is 1. The van der Waals surface area contributed by atoms with Crippen molar-refractivity contribution in [1.82, 2.24) is 9.97 Å². The molecule has 3 aromatic rings. The molecule has 4 nitrogen and oxygen atoms in total. The van der Waals surface area contributed by atoms with Crippen molar-refractivity contribution in [2.24, 2.45) is 0 Å². The Labute approximate surface area is 124 Å². The molecule has 0 aliphatic carbocycles. The molecule has 0 bridgehead atoms. The summed E-state index contributed by atoms with van der Waals surface area (Å²) in [6, 6.07) is 11.1. The molecule has 5 heteroatoms. The smallest absolute Gasteiger partial charge is 0.257 e. The van der Waals surface area contributed by atoms with Crippen LogP contribution < -0.4 is 5.32 Å². The zero-order valence-corrected chi connectivity index (χ0v) is 12.4. The summed E-state index contributed by atoms with van der Waals surface area (Å²) in [6.07, 6.45) is 1.82. The highest BCUT2D eigenvalue weighted by atomic mass is 79.9. The largest absolute Gasteiger partial charge is 0.361 e. The van der Waals surface area contributed by atoms with Crippen LogP contribution in [-0.2, 0) is 0 Å². The number of benzene rings is 1. The number of H-pyrrole nitrogens is 1. The number of anilines is 1. The van der Waals surface area contributed by atoms with Gasteiger partial charge in [-0.05, 0) is 53.2 Å². The molecule has 0 unspecified atom stereocenters. The highest BCUT2D eigenvalue weighted by molar-refractivity contribution is 9.10. The average molecular weight is 330 g/mol. The summed E-state index contributed by atoms with van der Waals surface area (Å²) >= 11 is 3.39. The molecule has 20 heavy (non-hydrogen) atoms. The van der Waals surface area contributed by atoms with Gasteiger partial charge in [0.1, 0.15) is 5.82 Å². The molecular weight excluding hydrogens is 318 g/mol. The number of pyridine rings is 1. The molecule has 2 heterocycles. The number of aromatic nitrogens is 2. The molecule has 1 aromatic carbocycles. The molecule has 100 valence electrons. The first-order valence-corrected chi connectivity index (χ1v) is 6.95. The van der Waals surface area contributed by atoms with Crippen LogP contribution in [0.2, 0.25) is 0 Å². The Bertz CT molecular complexity index is 795. The molecule has 0 aliphatic rings. The topological polar surface area (TPSA) is 57.8 Å². The van der Waals surface area contributed by atoms with Crippen molar-refractivity contribution in [2.75, 3.05) is 5.32 Å². The zero-order valence-electron chi connectivity index (χ0n) is 10.8. The highest BCUT2D eigenvalue weighted by Gasteiger charge is 2.11. The maximum atomic E-state index is 12.3. The summed E-state index contributed by atoms with van der Waals surface area (Å²) in [6.45, 7) is 1.88. The van der Waals surface area contributed by atoms with Crippen LogP contribution >= 0.6 is 15.9 Å². The van der Waals surface area contributed by atoms with E-state index in [1.54, 1.807) is 12.1 Å². The van der Waals surface area contributed by atoms with E-state index in [2.05, 4.69) is 31.2 Å². The maximum Gasteiger partial charge on any atom is 0.257 e. The van der Waals surface area contributed by atoms with Gasteiger partial charge in [0.05, 0.1) is 5.69 Å². The van der Waals surface area contributed by atoms with E-state index in [4.69, 9.17) is 0 Å². The summed E-state index contributed by atoms with van der Waals surface area (Å²) < 4.78 is 0.920. The predicted octanol–water partition coefficient (Wildman–Crippen LogP) is 3.89. The number of hydrogen-bond acceptors (Lipinski definition) is 2. The highest BCUT2D eigenvalue weighted by Crippen LogP contribution is 2.20. The number of nitrogens with one attached hydrogen (secondary N) is 2. The number of halogens is 1. The van der Waals surface area contributed by atoms with Gasteiger partial charge in [-0.15, -0.1) is 0 Å². The maximum absolute atomic E-state index is 12.3. The molecule has 0 saturated heterocycles. The van der Waals surface area contributed by atoms with Crippen LogP contribution in [0.15, 0.2) is 47.1 Å². The van der Waals surface area contributed by atoms with Crippen LogP contribution in [0.5, 0.6) is 0 Å². The molecule has 0 spiro atoms. The molecular formula is C15H12BrN3O. The van der Waals surface area contributed by atoms with E-state index in [0.29, 0.717) is 11.4 Å². The first kappa shape index (κ1) is 12.9. The first-order valence-electron chi connectivity index (χ1n) is 6.16. The second kappa shape index (κ2) is 5.09. The van der Waals surface area contributed by atoms with Crippen molar-refractivity contribution in [1.29, 1.82) is 0 Å². The van der Waals surface area contributed by atoms with Crippen LogP contribution in [-0.4, -0.2) is 15.9 Å². The quantitative estimate of drug-likeness (QED) is 0.749. The summed E-state index contributed by atoms with van der Waals surface area (Å²) in [5, 5.41) is 3.73. The van der Waals surface area contributed by atoms with Crippen molar-refractivity contribution in [3.63, 3.8) is 0 Å². The second-order valence-corrected chi connectivity index (χ2v) is 5.32. The van der Waals surface area contributed by atoms with Gasteiger partial charge >= 0.3 is 0 Å². The minimum absolute atomic E-state index is 0.163. The number of amides is 1. The number of aromatic amines is 1. The number of nitrogens with zero attached hydrogens (tertiary/aromatic N) is 1. The average Bonchev–Trinajstić information content (AvgIpc) is 2.91. The molecule has 3 rings (SSSR count). The predicted molar refractivity (Wildman–Crippen MR) is 82.9 cm³/mol. The molecule has 2 N–H and O–H groups in total. The fraction of sp³-hybridized carbons (Fsp3) is 0.0667. The Morgan fingerprint density at radius 2 is 2.10 bits per heavy atom. The Balaban J connectivity index is 1.93. The number of rotatable bonds is 2. The van der Waals surface area contributed by atoms with E-state index in [1.165, 1.54) is 0 Å². The van der Waals surface area contributed by atoms with Crippen molar-refractivity contribution < 1.29 is 4.79 Å². The van der Waals surface area contributed by atoms with E-state index in [0.717, 1.165) is 21.1 Å². The Hall–Kier alpha value is -2.14. The van der Waals surface area contributed by atoms with Gasteiger partial charge in [-0.1, -0.05) is 6.07 Å². The van der Waals surface area contributed by atoms with E-state index in [9.17, 15) is 4.79 Å². The van der Waals surface area contributed by atoms with Gasteiger partial charge in [0.15, 0.2) is 0 Å². The third-order valence-corrected chi connectivity index (χ3v) is 3.94. The lowest BCUT2D eigenvalue weighted by atomic mass is 10.1. The van der Waals surface area contributed by atoms with Gasteiger partial charge in [0, 0.05) is 27.1 Å². The molecule has 0 saturated carbocycles. The summed E-state index contributed by atoms with van der Waals surface area (Å²) in [5.41, 5.74) is 2.41. The van der Waals surface area contributed by atoms with Gasteiger partial charge in [0.25, 0.3) is 5.91 Å². The second-order valence-electron chi connectivity index (χ2n) is 4.46. The van der Waals surface area contributed by atoms with Crippen LogP contribution in [0.25, 0.3) is 10.9 Å². The molecule has 2 aromatic heterocycles. The molecule has 1 amide bonds. The molecule has 0 aliphatic heterocycles. The lowest BCUT2D eigenvalue weighted by Gasteiger charge is -2.07. The lowest BCUT2D eigenvalue weighted by molar-refractivity contribution is 0.102. The van der Waals surface area contributed by atoms with E-state index >= 15 is 0 Å². The SMILES string of the molecule is Cc1nc(NC(=O)c2cccc3[nH]ccc23)ccc1Br. The van der Waals surface area contributed by atoms with Crippen molar-refractivity contribution >= 4 is 38.6 Å². The van der Waals surface area contributed by atoms with E-state index in [1.807, 2.05) is 37.4 Å². The lowest BCUT2D eigenvalue weighted by Crippen LogP contribution is -2.13. The van der Waals surface area contributed by atoms with Crippen LogP contribution in [0.1, 0.15) is 16.1 Å². The minimum atomic E-state index is -0.163. The monoisotopic (exact) mass is 329 g/mol. The number of aryl methyl sites for hydroxylation is 1. The molecule has 0 atom stereocenters.